The van der Waals surface area contributed by atoms with Crippen molar-refractivity contribution in [2.75, 3.05) is 18.5 Å². The van der Waals surface area contributed by atoms with Gasteiger partial charge in [-0.25, -0.2) is 15.0 Å². The van der Waals surface area contributed by atoms with Crippen molar-refractivity contribution in [3.8, 4) is 23.7 Å². The first-order valence-electron chi connectivity index (χ1n) is 10.4. The number of anilines is 1. The predicted molar refractivity (Wildman–Crippen MR) is 127 cm³/mol. The van der Waals surface area contributed by atoms with Gasteiger partial charge in [-0.3, -0.25) is 4.79 Å². The van der Waals surface area contributed by atoms with E-state index in [9.17, 15) is 4.79 Å². The van der Waals surface area contributed by atoms with Crippen molar-refractivity contribution in [2.45, 2.75) is 26.5 Å². The number of terminal acetylenes is 1. The standard InChI is InChI=1S/C24H21N5O2S/c1-4-19-25-11-14(12-31-5-2)21(29-19)17-7-6-15-16(28-17)8-9-18-20(15)22-23(32-18)24(30)27-13(3)10-26-22/h1,6-9,11,13,26H,5,10,12H2,2-3H3,(H,27,30)/t13-/m1/s1. The molecule has 0 unspecified atom stereocenters. The fraction of sp³-hybridized carbons (Fsp3) is 0.250. The number of carbonyl (C=O) groups excluding carboxylic acids is 1. The molecule has 2 N–H and O–H groups in total. The number of hydrogen-bond donors (Lipinski definition) is 2. The molecule has 0 radical (unpaired) electrons. The van der Waals surface area contributed by atoms with Crippen LogP contribution < -0.4 is 10.6 Å². The average Bonchev–Trinajstić information content (AvgIpc) is 3.13. The largest absolute Gasteiger partial charge is 0.381 e. The number of carbonyl (C=O) groups is 1. The quantitative estimate of drug-likeness (QED) is 0.464. The third kappa shape index (κ3) is 3.45. The molecule has 0 saturated heterocycles. The van der Waals surface area contributed by atoms with Gasteiger partial charge in [-0.05, 0) is 44.0 Å². The lowest BCUT2D eigenvalue weighted by Gasteiger charge is -2.11. The summed E-state index contributed by atoms with van der Waals surface area (Å²) < 4.78 is 6.62. The van der Waals surface area contributed by atoms with Crippen LogP contribution in [0, 0.1) is 12.3 Å². The highest BCUT2D eigenvalue weighted by Crippen LogP contribution is 2.41. The summed E-state index contributed by atoms with van der Waals surface area (Å²) in [7, 11) is 0. The Bertz CT molecular complexity index is 1410. The summed E-state index contributed by atoms with van der Waals surface area (Å²) in [5.74, 6) is 2.76. The van der Waals surface area contributed by atoms with Gasteiger partial charge in [0, 0.05) is 46.4 Å². The lowest BCUT2D eigenvalue weighted by molar-refractivity contribution is 0.0949. The van der Waals surface area contributed by atoms with E-state index in [2.05, 4.69) is 26.5 Å². The van der Waals surface area contributed by atoms with Crippen LogP contribution in [0.1, 0.15) is 34.9 Å². The number of thiophene rings is 1. The summed E-state index contributed by atoms with van der Waals surface area (Å²) in [6, 6.07) is 8.01. The van der Waals surface area contributed by atoms with E-state index in [1.807, 2.05) is 38.1 Å². The molecule has 160 valence electrons. The third-order valence-electron chi connectivity index (χ3n) is 5.39. The molecule has 7 nitrogen and oxygen atoms in total. The Balaban J connectivity index is 1.67. The van der Waals surface area contributed by atoms with Crippen LogP contribution in [-0.2, 0) is 11.3 Å². The first-order chi connectivity index (χ1) is 15.6. The van der Waals surface area contributed by atoms with Crippen molar-refractivity contribution < 1.29 is 9.53 Å². The Morgan fingerprint density at radius 1 is 1.28 bits per heavy atom. The van der Waals surface area contributed by atoms with E-state index >= 15 is 0 Å². The summed E-state index contributed by atoms with van der Waals surface area (Å²) in [5.41, 5.74) is 3.89. The van der Waals surface area contributed by atoms with Crippen LogP contribution in [0.15, 0.2) is 30.5 Å². The number of pyridine rings is 1. The highest BCUT2D eigenvalue weighted by atomic mass is 32.1. The lowest BCUT2D eigenvalue weighted by atomic mass is 10.1. The van der Waals surface area contributed by atoms with Crippen molar-refractivity contribution in [3.63, 3.8) is 0 Å². The van der Waals surface area contributed by atoms with Gasteiger partial charge in [-0.15, -0.1) is 17.8 Å². The SMILES string of the molecule is C#Cc1ncc(COCC)c(-c2ccc3c(ccc4sc5c(c43)NC[C@@H](C)NC5=O)n2)n1. The van der Waals surface area contributed by atoms with E-state index in [4.69, 9.17) is 16.1 Å². The van der Waals surface area contributed by atoms with E-state index in [0.717, 1.165) is 32.2 Å². The predicted octanol–water partition coefficient (Wildman–Crippen LogP) is 3.97. The molecule has 8 heteroatoms. The topological polar surface area (TPSA) is 89.0 Å². The molecule has 5 rings (SSSR count). The Morgan fingerprint density at radius 3 is 2.97 bits per heavy atom. The van der Waals surface area contributed by atoms with Gasteiger partial charge in [0.2, 0.25) is 5.82 Å². The zero-order chi connectivity index (χ0) is 22.2. The molecule has 4 heterocycles. The number of amides is 1. The van der Waals surface area contributed by atoms with Gasteiger partial charge in [-0.1, -0.05) is 0 Å². The van der Waals surface area contributed by atoms with Crippen LogP contribution in [0.4, 0.5) is 5.69 Å². The number of benzene rings is 1. The van der Waals surface area contributed by atoms with E-state index in [1.165, 1.54) is 11.3 Å². The molecule has 0 spiro atoms. The van der Waals surface area contributed by atoms with Gasteiger partial charge in [-0.2, -0.15) is 0 Å². The summed E-state index contributed by atoms with van der Waals surface area (Å²) in [5, 5.41) is 8.48. The average molecular weight is 444 g/mol. The van der Waals surface area contributed by atoms with Gasteiger partial charge in [0.1, 0.15) is 4.88 Å². The summed E-state index contributed by atoms with van der Waals surface area (Å²) in [4.78, 5) is 27.0. The van der Waals surface area contributed by atoms with Crippen LogP contribution >= 0.6 is 11.3 Å². The van der Waals surface area contributed by atoms with Gasteiger partial charge in [0.05, 0.1) is 29.2 Å². The monoisotopic (exact) mass is 443 g/mol. The molecular formula is C24H21N5O2S. The van der Waals surface area contributed by atoms with Crippen molar-refractivity contribution in [1.82, 2.24) is 20.3 Å². The number of nitrogens with zero attached hydrogens (tertiary/aromatic N) is 3. The highest BCUT2D eigenvalue weighted by Gasteiger charge is 2.25. The van der Waals surface area contributed by atoms with Gasteiger partial charge in [0.25, 0.3) is 5.91 Å². The Kier molecular flexibility index (Phi) is 5.21. The molecule has 1 aliphatic rings. The summed E-state index contributed by atoms with van der Waals surface area (Å²) >= 11 is 1.49. The van der Waals surface area contributed by atoms with Gasteiger partial charge in [0.15, 0.2) is 0 Å². The molecule has 32 heavy (non-hydrogen) atoms. The van der Waals surface area contributed by atoms with Crippen LogP contribution in [0.3, 0.4) is 0 Å². The molecule has 1 amide bonds. The fourth-order valence-corrected chi connectivity index (χ4v) is 4.97. The zero-order valence-electron chi connectivity index (χ0n) is 17.7. The van der Waals surface area contributed by atoms with Crippen LogP contribution in [0.25, 0.3) is 32.4 Å². The minimum atomic E-state index is -0.0419. The number of aromatic nitrogens is 3. The number of fused-ring (bicyclic) bond motifs is 5. The molecule has 3 aromatic heterocycles. The first-order valence-corrected chi connectivity index (χ1v) is 11.2. The molecule has 1 aromatic carbocycles. The van der Waals surface area contributed by atoms with Crippen LogP contribution in [-0.4, -0.2) is 40.1 Å². The second-order valence-electron chi connectivity index (χ2n) is 7.61. The van der Waals surface area contributed by atoms with Crippen molar-refractivity contribution in [1.29, 1.82) is 0 Å². The summed E-state index contributed by atoms with van der Waals surface area (Å²) in [6.45, 7) is 5.56. The molecule has 1 atom stereocenters. The maximum atomic E-state index is 12.6. The second kappa shape index (κ2) is 8.19. The maximum Gasteiger partial charge on any atom is 0.263 e. The van der Waals surface area contributed by atoms with Gasteiger partial charge < -0.3 is 15.4 Å². The molecule has 0 bridgehead atoms. The van der Waals surface area contributed by atoms with E-state index in [-0.39, 0.29) is 11.9 Å². The van der Waals surface area contributed by atoms with Crippen molar-refractivity contribution in [2.24, 2.45) is 0 Å². The van der Waals surface area contributed by atoms with Gasteiger partial charge >= 0.3 is 0 Å². The Labute approximate surface area is 189 Å². The molecule has 1 aliphatic heterocycles. The zero-order valence-corrected chi connectivity index (χ0v) is 18.5. The molecule has 0 fully saturated rings. The lowest BCUT2D eigenvalue weighted by Crippen LogP contribution is -2.34. The number of rotatable bonds is 4. The Morgan fingerprint density at radius 2 is 2.16 bits per heavy atom. The minimum absolute atomic E-state index is 0.0419. The summed E-state index contributed by atoms with van der Waals surface area (Å²) in [6.07, 6.45) is 7.22. The minimum Gasteiger partial charge on any atom is -0.381 e. The number of ether oxygens (including phenoxy) is 1. The number of nitrogens with one attached hydrogen (secondary N) is 2. The van der Waals surface area contributed by atoms with Crippen molar-refractivity contribution in [3.05, 3.63) is 46.7 Å². The fourth-order valence-electron chi connectivity index (χ4n) is 3.87. The third-order valence-corrected chi connectivity index (χ3v) is 6.54. The number of hydrogen-bond acceptors (Lipinski definition) is 7. The van der Waals surface area contributed by atoms with E-state index in [1.54, 1.807) is 6.20 Å². The van der Waals surface area contributed by atoms with E-state index < -0.39 is 0 Å². The normalized spacial score (nSPS) is 15.7. The highest BCUT2D eigenvalue weighted by molar-refractivity contribution is 7.21. The van der Waals surface area contributed by atoms with E-state index in [0.29, 0.717) is 41.8 Å². The first kappa shape index (κ1) is 20.4. The van der Waals surface area contributed by atoms with Crippen LogP contribution in [0.2, 0.25) is 0 Å². The molecular weight excluding hydrogens is 422 g/mol. The molecule has 4 aromatic rings. The van der Waals surface area contributed by atoms with Crippen LogP contribution in [0.5, 0.6) is 0 Å². The second-order valence-corrected chi connectivity index (χ2v) is 8.66. The Hall–Kier alpha value is -3.54. The van der Waals surface area contributed by atoms with Crippen molar-refractivity contribution >= 4 is 43.9 Å². The molecule has 0 aliphatic carbocycles. The maximum absolute atomic E-state index is 12.6. The molecule has 0 saturated carbocycles. The smallest absolute Gasteiger partial charge is 0.263 e.